The molecule has 0 aliphatic carbocycles. The van der Waals surface area contributed by atoms with Gasteiger partial charge in [0, 0.05) is 0 Å². The van der Waals surface area contributed by atoms with Crippen LogP contribution >= 0.6 is 0 Å². The lowest BCUT2D eigenvalue weighted by Gasteiger charge is -2.01. The molecule has 0 unspecified atom stereocenters. The summed E-state index contributed by atoms with van der Waals surface area (Å²) >= 11 is 0. The van der Waals surface area contributed by atoms with Crippen molar-refractivity contribution in [3.63, 3.8) is 0 Å². The fraction of sp³-hybridized carbons (Fsp3) is 0.667. The van der Waals surface area contributed by atoms with Gasteiger partial charge in [-0.3, -0.25) is 11.7 Å². The Labute approximate surface area is 52.6 Å². The van der Waals surface area contributed by atoms with Crippen LogP contribution in [0.15, 0.2) is 0 Å². The molecule has 0 radical (unpaired) electrons. The number of rotatable bonds is 4. The Hall–Kier alpha value is -0.660. The molecule has 48 valence electrons. The smallest absolute Gasteiger partial charge is 0.164 e. The van der Waals surface area contributed by atoms with Crippen LogP contribution in [0.1, 0.15) is 22.5 Å². The number of esters is 1. The van der Waals surface area contributed by atoms with Gasteiger partial charge in [0.15, 0.2) is 5.97 Å². The number of hydrogen-bond donors (Lipinski definition) is 0. The molecule has 0 rings (SSSR count). The molecule has 0 aromatic heterocycles. The van der Waals surface area contributed by atoms with E-state index in [4.69, 9.17) is 2.74 Å². The van der Waals surface area contributed by atoms with Gasteiger partial charge in [0.25, 0.3) is 0 Å². The summed E-state index contributed by atoms with van der Waals surface area (Å²) in [6, 6.07) is 0. The Morgan fingerprint density at radius 3 is 3.25 bits per heavy atom. The van der Waals surface area contributed by atoms with E-state index in [9.17, 15) is 4.79 Å². The van der Waals surface area contributed by atoms with Crippen LogP contribution in [-0.4, -0.2) is 12.6 Å². The lowest BCUT2D eigenvalue weighted by atomic mass is 10.4. The highest BCUT2D eigenvalue weighted by Gasteiger charge is 1.82. The first-order valence-electron chi connectivity index (χ1n) is 3.65. The van der Waals surface area contributed by atoms with Gasteiger partial charge >= 0.3 is 0 Å². The maximum atomic E-state index is 10.4. The number of ether oxygens (including phenoxy) is 1. The molecule has 0 aliphatic rings. The Bertz CT molecular complexity index is 104. The maximum Gasteiger partial charge on any atom is 0.164 e. The van der Waals surface area contributed by atoms with Crippen molar-refractivity contribution in [3.8, 4) is 0 Å². The zero-order valence-corrected chi connectivity index (χ0v) is 4.94. The molecule has 0 heterocycles. The molecule has 0 fully saturated rings. The van der Waals surface area contributed by atoms with E-state index in [0.717, 1.165) is 12.8 Å². The average Bonchev–Trinajstić information content (AvgIpc) is 1.88. The van der Waals surface area contributed by atoms with Gasteiger partial charge in [0.1, 0.15) is 0 Å². The molecule has 0 aromatic rings. The van der Waals surface area contributed by atoms with Crippen LogP contribution in [0.25, 0.3) is 0 Å². The summed E-state index contributed by atoms with van der Waals surface area (Å²) in [5.41, 5.74) is 0. The third kappa shape index (κ3) is 5.34. The average molecular weight is 117 g/mol. The molecule has 2 nitrogen and oxygen atoms in total. The van der Waals surface area contributed by atoms with Crippen LogP contribution in [-0.2, 0) is 9.53 Å². The van der Waals surface area contributed by atoms with E-state index in [2.05, 4.69) is 4.74 Å². The molecular weight excluding hydrogens is 104 g/mol. The Morgan fingerprint density at radius 1 is 2.00 bits per heavy atom. The van der Waals surface area contributed by atoms with E-state index in [1.807, 2.05) is 6.92 Å². The minimum Gasteiger partial charge on any atom is -0.488 e. The minimum absolute atomic E-state index is 0.316. The summed E-state index contributed by atoms with van der Waals surface area (Å²) in [4.78, 5) is 10.4. The van der Waals surface area contributed by atoms with Crippen molar-refractivity contribution in [2.24, 2.45) is 0 Å². The fourth-order valence-corrected chi connectivity index (χ4v) is 0.309. The molecule has 0 atom stereocenters. The first kappa shape index (κ1) is 4.24. The van der Waals surface area contributed by atoms with E-state index < -0.39 is 12.8 Å². The zero-order valence-electron chi connectivity index (χ0n) is 6.94. The molecular formula is C6H11O2-. The van der Waals surface area contributed by atoms with E-state index >= 15 is 0 Å². The first-order chi connectivity index (χ1) is 4.68. The zero-order chi connectivity index (χ0) is 7.98. The topological polar surface area (TPSA) is 26.3 Å². The Balaban J connectivity index is 3.22. The van der Waals surface area contributed by atoms with Crippen LogP contribution in [0.4, 0.5) is 0 Å². The summed E-state index contributed by atoms with van der Waals surface area (Å²) in [7, 11) is 0. The lowest BCUT2D eigenvalue weighted by molar-refractivity contribution is -0.138. The van der Waals surface area contributed by atoms with Gasteiger partial charge in [-0.05, 0) is 6.42 Å². The van der Waals surface area contributed by atoms with Gasteiger partial charge in [-0.2, -0.15) is 2.74 Å². The molecule has 0 saturated carbocycles. The maximum absolute atomic E-state index is 10.4. The van der Waals surface area contributed by atoms with Gasteiger partial charge in [-0.25, -0.2) is 0 Å². The van der Waals surface area contributed by atoms with Gasteiger partial charge in [-0.15, -0.1) is 0 Å². The monoisotopic (exact) mass is 117 g/mol. The molecule has 8 heavy (non-hydrogen) atoms. The van der Waals surface area contributed by atoms with E-state index in [1.165, 1.54) is 0 Å². The molecule has 0 N–H and O–H groups in total. The molecule has 0 saturated heterocycles. The van der Waals surface area contributed by atoms with Crippen molar-refractivity contribution in [3.05, 3.63) is 6.88 Å². The summed E-state index contributed by atoms with van der Waals surface area (Å²) in [6.45, 7) is 1.51. The highest BCUT2D eigenvalue weighted by atomic mass is 16.5. The first-order valence-corrected chi connectivity index (χ1v) is 2.65. The van der Waals surface area contributed by atoms with E-state index in [0.29, 0.717) is 6.61 Å². The number of unbranched alkanes of at least 4 members (excludes halogenated alkanes) is 1. The SMILES string of the molecule is [2H][C-]([2H])C(=O)OCCCC. The second-order valence-electron chi connectivity index (χ2n) is 1.49. The standard InChI is InChI=1S/C6H11O2/c1-3-4-5-8-6(2)7/h2-5H2,1H3/q-1/i2D2. The van der Waals surface area contributed by atoms with Crippen molar-refractivity contribution >= 4 is 5.97 Å². The molecule has 0 bridgehead atoms. The van der Waals surface area contributed by atoms with Crippen molar-refractivity contribution in [2.45, 2.75) is 19.8 Å². The molecule has 0 aliphatic heterocycles. The van der Waals surface area contributed by atoms with Crippen LogP contribution in [0.3, 0.4) is 0 Å². The minimum atomic E-state index is -0.839. The largest absolute Gasteiger partial charge is 0.488 e. The van der Waals surface area contributed by atoms with Crippen LogP contribution in [0, 0.1) is 6.88 Å². The highest BCUT2D eigenvalue weighted by molar-refractivity contribution is 5.73. The van der Waals surface area contributed by atoms with Crippen molar-refractivity contribution < 1.29 is 12.3 Å². The van der Waals surface area contributed by atoms with E-state index in [1.54, 1.807) is 0 Å². The van der Waals surface area contributed by atoms with Gasteiger partial charge in [0.05, 0.1) is 6.61 Å². The predicted octanol–water partition coefficient (Wildman–Crippen LogP) is 1.16. The van der Waals surface area contributed by atoms with Crippen molar-refractivity contribution in [2.75, 3.05) is 6.61 Å². The normalized spacial score (nSPS) is 11.6. The van der Waals surface area contributed by atoms with E-state index in [-0.39, 0.29) is 0 Å². The fourth-order valence-electron chi connectivity index (χ4n) is 0.309. The Kier molecular flexibility index (Phi) is 2.38. The molecule has 0 spiro atoms. The van der Waals surface area contributed by atoms with Crippen molar-refractivity contribution in [1.29, 1.82) is 0 Å². The Morgan fingerprint density at radius 2 is 2.75 bits per heavy atom. The quantitative estimate of drug-likeness (QED) is 0.314. The molecule has 2 heteroatoms. The second kappa shape index (κ2) is 4.50. The summed E-state index contributed by atoms with van der Waals surface area (Å²) in [6.07, 6.45) is 1.73. The number of carbonyl (C=O) groups excluding carboxylic acids is 1. The lowest BCUT2D eigenvalue weighted by Crippen LogP contribution is -1.99. The summed E-state index contributed by atoms with van der Waals surface area (Å²) < 4.78 is 17.5. The van der Waals surface area contributed by atoms with Crippen LogP contribution in [0.2, 0.25) is 0 Å². The van der Waals surface area contributed by atoms with Gasteiger partial charge < -0.3 is 4.74 Å². The number of carbonyl (C=O) groups is 1. The second-order valence-corrected chi connectivity index (χ2v) is 1.49. The third-order valence-corrected chi connectivity index (χ3v) is 0.731. The van der Waals surface area contributed by atoms with Crippen molar-refractivity contribution in [1.82, 2.24) is 0 Å². The summed E-state index contributed by atoms with van der Waals surface area (Å²) in [5, 5.41) is 0. The van der Waals surface area contributed by atoms with Gasteiger partial charge in [-0.1, -0.05) is 13.3 Å². The predicted molar refractivity (Wildman–Crippen MR) is 31.2 cm³/mol. The molecule has 0 aromatic carbocycles. The van der Waals surface area contributed by atoms with Crippen LogP contribution < -0.4 is 0 Å². The summed E-state index contributed by atoms with van der Waals surface area (Å²) in [5.74, 6) is -0.839. The number of hydrogen-bond acceptors (Lipinski definition) is 2. The van der Waals surface area contributed by atoms with Crippen LogP contribution in [0.5, 0.6) is 0 Å². The third-order valence-electron chi connectivity index (χ3n) is 0.731. The highest BCUT2D eigenvalue weighted by Crippen LogP contribution is 1.86. The van der Waals surface area contributed by atoms with Gasteiger partial charge in [0.2, 0.25) is 0 Å². The molecule has 0 amide bonds.